The summed E-state index contributed by atoms with van der Waals surface area (Å²) in [6.45, 7) is 0. The lowest BCUT2D eigenvalue weighted by Crippen LogP contribution is -2.21. The third-order valence-corrected chi connectivity index (χ3v) is 1.84. The SMILES string of the molecule is Nc1cccc(-c2nc(=O)o[nH]2)c1.O=C(O)C(F)(F)F. The molecule has 0 unspecified atom stereocenters. The molecule has 0 atom stereocenters. The topological polar surface area (TPSA) is 122 Å². The molecule has 1 aromatic carbocycles. The average Bonchev–Trinajstić information content (AvgIpc) is 2.75. The van der Waals surface area contributed by atoms with Gasteiger partial charge in [0.1, 0.15) is 0 Å². The molecule has 0 aliphatic heterocycles. The fourth-order valence-corrected chi connectivity index (χ4v) is 1.04. The highest BCUT2D eigenvalue weighted by Gasteiger charge is 2.38. The number of benzene rings is 1. The minimum atomic E-state index is -5.08. The molecule has 0 bridgehead atoms. The lowest BCUT2D eigenvalue weighted by Gasteiger charge is -1.95. The number of aliphatic carboxylic acids is 1. The van der Waals surface area contributed by atoms with E-state index in [2.05, 4.69) is 14.7 Å². The van der Waals surface area contributed by atoms with E-state index in [4.69, 9.17) is 15.6 Å². The lowest BCUT2D eigenvalue weighted by atomic mass is 10.2. The van der Waals surface area contributed by atoms with Crippen molar-refractivity contribution in [3.63, 3.8) is 0 Å². The molecule has 10 heteroatoms. The van der Waals surface area contributed by atoms with E-state index in [1.54, 1.807) is 24.3 Å². The molecular weight excluding hydrogens is 283 g/mol. The largest absolute Gasteiger partial charge is 0.490 e. The summed E-state index contributed by atoms with van der Waals surface area (Å²) < 4.78 is 36.2. The summed E-state index contributed by atoms with van der Waals surface area (Å²) >= 11 is 0. The number of anilines is 1. The number of aromatic amines is 1. The molecule has 4 N–H and O–H groups in total. The molecule has 0 saturated carbocycles. The Kier molecular flexibility index (Phi) is 4.51. The quantitative estimate of drug-likeness (QED) is 0.679. The van der Waals surface area contributed by atoms with Crippen molar-refractivity contribution in [2.45, 2.75) is 6.18 Å². The summed E-state index contributed by atoms with van der Waals surface area (Å²) in [6.07, 6.45) is -5.08. The molecule has 2 aromatic rings. The van der Waals surface area contributed by atoms with Crippen LogP contribution in [0.2, 0.25) is 0 Å². The van der Waals surface area contributed by atoms with Crippen molar-refractivity contribution >= 4 is 11.7 Å². The first-order valence-electron chi connectivity index (χ1n) is 4.91. The minimum Gasteiger partial charge on any atom is -0.475 e. The van der Waals surface area contributed by atoms with Crippen molar-refractivity contribution in [2.24, 2.45) is 0 Å². The molecule has 1 aromatic heterocycles. The number of alkyl halides is 3. The summed E-state index contributed by atoms with van der Waals surface area (Å²) in [5.74, 6) is -3.01. The Morgan fingerprint density at radius 3 is 2.40 bits per heavy atom. The van der Waals surface area contributed by atoms with Crippen molar-refractivity contribution in [3.05, 3.63) is 34.8 Å². The minimum absolute atomic E-state index is 0.386. The Bertz CT molecular complexity index is 647. The predicted molar refractivity (Wildman–Crippen MR) is 60.7 cm³/mol. The number of aromatic nitrogens is 2. The van der Waals surface area contributed by atoms with Gasteiger partial charge in [-0.2, -0.15) is 23.3 Å². The summed E-state index contributed by atoms with van der Waals surface area (Å²) in [5, 5.41) is 9.52. The van der Waals surface area contributed by atoms with Crippen LogP contribution in [0.4, 0.5) is 18.9 Å². The van der Waals surface area contributed by atoms with E-state index in [1.807, 2.05) is 0 Å². The van der Waals surface area contributed by atoms with Gasteiger partial charge < -0.3 is 15.4 Å². The fraction of sp³-hybridized carbons (Fsp3) is 0.100. The number of nitrogen functional groups attached to an aromatic ring is 1. The number of carboxylic acid groups (broad SMARTS) is 1. The monoisotopic (exact) mass is 291 g/mol. The van der Waals surface area contributed by atoms with Crippen LogP contribution in [0, 0.1) is 0 Å². The Morgan fingerprint density at radius 1 is 1.40 bits per heavy atom. The maximum atomic E-state index is 10.6. The number of hydrogen-bond acceptors (Lipinski definition) is 5. The van der Waals surface area contributed by atoms with Crippen LogP contribution in [0.1, 0.15) is 0 Å². The molecule has 0 fully saturated rings. The van der Waals surface area contributed by atoms with Crippen molar-refractivity contribution in [2.75, 3.05) is 5.73 Å². The van der Waals surface area contributed by atoms with Gasteiger partial charge in [0.25, 0.3) is 0 Å². The maximum Gasteiger partial charge on any atom is 0.490 e. The molecule has 0 saturated heterocycles. The van der Waals surface area contributed by atoms with Crippen molar-refractivity contribution < 1.29 is 27.6 Å². The van der Waals surface area contributed by atoms with Gasteiger partial charge in [-0.1, -0.05) is 12.1 Å². The Balaban J connectivity index is 0.000000246. The van der Waals surface area contributed by atoms with E-state index in [0.29, 0.717) is 11.5 Å². The molecule has 0 aliphatic carbocycles. The first-order valence-corrected chi connectivity index (χ1v) is 4.91. The van der Waals surface area contributed by atoms with Gasteiger partial charge >= 0.3 is 17.9 Å². The van der Waals surface area contributed by atoms with Gasteiger partial charge in [0, 0.05) is 11.3 Å². The summed E-state index contributed by atoms with van der Waals surface area (Å²) in [4.78, 5) is 23.1. The zero-order valence-corrected chi connectivity index (χ0v) is 9.64. The van der Waals surface area contributed by atoms with E-state index in [9.17, 15) is 18.0 Å². The van der Waals surface area contributed by atoms with Crippen LogP contribution in [0.5, 0.6) is 0 Å². The summed E-state index contributed by atoms with van der Waals surface area (Å²) in [7, 11) is 0. The molecule has 0 radical (unpaired) electrons. The number of hydrogen-bond donors (Lipinski definition) is 3. The Morgan fingerprint density at radius 2 is 2.00 bits per heavy atom. The van der Waals surface area contributed by atoms with Gasteiger partial charge in [-0.25, -0.2) is 9.59 Å². The molecule has 1 heterocycles. The number of nitrogens with one attached hydrogen (secondary N) is 1. The smallest absolute Gasteiger partial charge is 0.475 e. The van der Waals surface area contributed by atoms with Crippen LogP contribution in [0.15, 0.2) is 33.6 Å². The fourth-order valence-electron chi connectivity index (χ4n) is 1.04. The molecule has 0 spiro atoms. The normalized spacial score (nSPS) is 10.6. The zero-order chi connectivity index (χ0) is 15.3. The van der Waals surface area contributed by atoms with E-state index in [1.165, 1.54) is 0 Å². The van der Waals surface area contributed by atoms with Crippen LogP contribution in [0.3, 0.4) is 0 Å². The maximum absolute atomic E-state index is 10.6. The number of H-pyrrole nitrogens is 1. The number of rotatable bonds is 1. The molecule has 7 nitrogen and oxygen atoms in total. The van der Waals surface area contributed by atoms with Gasteiger partial charge in [0.05, 0.1) is 0 Å². The highest BCUT2D eigenvalue weighted by molar-refractivity contribution is 5.73. The second kappa shape index (κ2) is 5.91. The highest BCUT2D eigenvalue weighted by Crippen LogP contribution is 2.15. The van der Waals surface area contributed by atoms with Gasteiger partial charge in [-0.15, -0.1) is 0 Å². The van der Waals surface area contributed by atoms with Crippen molar-refractivity contribution in [3.8, 4) is 11.4 Å². The van der Waals surface area contributed by atoms with Crippen molar-refractivity contribution in [1.29, 1.82) is 0 Å². The predicted octanol–water partition coefficient (Wildman–Crippen LogP) is 1.25. The first-order chi connectivity index (χ1) is 9.20. The molecule has 2 rings (SSSR count). The van der Waals surface area contributed by atoms with E-state index in [0.717, 1.165) is 5.56 Å². The average molecular weight is 291 g/mol. The van der Waals surface area contributed by atoms with Gasteiger partial charge in [0.2, 0.25) is 0 Å². The zero-order valence-electron chi connectivity index (χ0n) is 9.64. The van der Waals surface area contributed by atoms with Crippen LogP contribution in [0.25, 0.3) is 11.4 Å². The second-order valence-corrected chi connectivity index (χ2v) is 3.36. The van der Waals surface area contributed by atoms with Gasteiger partial charge in [0.15, 0.2) is 5.82 Å². The lowest BCUT2D eigenvalue weighted by molar-refractivity contribution is -0.192. The number of nitrogens with two attached hydrogens (primary N) is 1. The molecule has 0 amide bonds. The van der Waals surface area contributed by atoms with Crippen LogP contribution in [-0.2, 0) is 4.79 Å². The molecule has 108 valence electrons. The van der Waals surface area contributed by atoms with E-state index in [-0.39, 0.29) is 0 Å². The number of carbonyl (C=O) groups is 1. The third-order valence-electron chi connectivity index (χ3n) is 1.84. The summed E-state index contributed by atoms with van der Waals surface area (Å²) in [6, 6.07) is 7.01. The molecule has 0 aliphatic rings. The standard InChI is InChI=1S/C8H7N3O2.C2HF3O2/c9-6-3-1-2-5(4-6)7-10-8(12)13-11-7;3-2(4,5)1(6)7/h1-4H,9H2,(H,10,11,12);(H,6,7). The Labute approximate surface area is 108 Å². The number of carboxylic acids is 1. The number of nitrogens with zero attached hydrogens (tertiary/aromatic N) is 1. The van der Waals surface area contributed by atoms with Gasteiger partial charge in [-0.3, -0.25) is 0 Å². The van der Waals surface area contributed by atoms with Gasteiger partial charge in [-0.05, 0) is 12.1 Å². The van der Waals surface area contributed by atoms with Crippen LogP contribution < -0.4 is 11.5 Å². The molecule has 20 heavy (non-hydrogen) atoms. The third kappa shape index (κ3) is 4.48. The second-order valence-electron chi connectivity index (χ2n) is 3.36. The first kappa shape index (κ1) is 15.3. The number of halogens is 3. The van der Waals surface area contributed by atoms with E-state index < -0.39 is 17.9 Å². The van der Waals surface area contributed by atoms with Crippen molar-refractivity contribution in [1.82, 2.24) is 10.1 Å². The van der Waals surface area contributed by atoms with Crippen LogP contribution in [-0.4, -0.2) is 27.4 Å². The molecular formula is C10H8F3N3O4. The van der Waals surface area contributed by atoms with Crippen LogP contribution >= 0.6 is 0 Å². The summed E-state index contributed by atoms with van der Waals surface area (Å²) in [5.41, 5.74) is 6.89. The highest BCUT2D eigenvalue weighted by atomic mass is 19.4. The van der Waals surface area contributed by atoms with E-state index >= 15 is 0 Å². The Hall–Kier alpha value is -2.78.